The number of carbonyl (C=O) groups is 2. The number of aromatic hydroxyl groups is 1. The van der Waals surface area contributed by atoms with Gasteiger partial charge in [-0.05, 0) is 85.1 Å². The van der Waals surface area contributed by atoms with E-state index in [0.29, 0.717) is 80.7 Å². The number of aromatic nitrogens is 2. The first kappa shape index (κ1) is 44.5. The third kappa shape index (κ3) is 14.0. The van der Waals surface area contributed by atoms with Gasteiger partial charge in [0.1, 0.15) is 23.8 Å². The fraction of sp³-hybridized carbons (Fsp3) is 0.400. The molecule has 0 unspecified atom stereocenters. The van der Waals surface area contributed by atoms with Gasteiger partial charge in [0.25, 0.3) is 0 Å². The summed E-state index contributed by atoms with van der Waals surface area (Å²) < 4.78 is 92.8. The molecular weight excluding hydrogens is 782 g/mol. The monoisotopic (exact) mass is 824 g/mol. The molecule has 0 amide bonds. The maximum Gasteiger partial charge on any atom is 0.417 e. The van der Waals surface area contributed by atoms with Gasteiger partial charge in [0.2, 0.25) is 5.24 Å². The van der Waals surface area contributed by atoms with E-state index < -0.39 is 29.4 Å². The SMILES string of the molecule is CC(=O)Cl.CC(=O)Oc1cc(C)ccc1OC1CCN(c2ccc(C(F)(F)F)cn2)CC1.Cc1ccc(OC2CCN(c3ccc(C(F)(F)F)cn3)CC2)c(O)c1. The van der Waals surface area contributed by atoms with Gasteiger partial charge in [-0.25, -0.2) is 9.97 Å². The molecule has 17 heteroatoms. The number of carbonyl (C=O) groups excluding carboxylic acids is 2. The van der Waals surface area contributed by atoms with Gasteiger partial charge in [-0.15, -0.1) is 0 Å². The van der Waals surface area contributed by atoms with Gasteiger partial charge in [0.15, 0.2) is 23.0 Å². The van der Waals surface area contributed by atoms with E-state index in [0.717, 1.165) is 35.7 Å². The van der Waals surface area contributed by atoms with Crippen molar-refractivity contribution in [2.45, 2.75) is 77.9 Å². The van der Waals surface area contributed by atoms with Crippen molar-refractivity contribution < 1.29 is 55.2 Å². The first-order valence-electron chi connectivity index (χ1n) is 17.9. The highest BCUT2D eigenvalue weighted by Crippen LogP contribution is 2.34. The van der Waals surface area contributed by atoms with Gasteiger partial charge in [-0.2, -0.15) is 26.3 Å². The van der Waals surface area contributed by atoms with Crippen LogP contribution in [0.15, 0.2) is 73.1 Å². The lowest BCUT2D eigenvalue weighted by molar-refractivity contribution is -0.138. The molecule has 4 heterocycles. The first-order chi connectivity index (χ1) is 26.8. The fourth-order valence-corrected chi connectivity index (χ4v) is 5.92. The summed E-state index contributed by atoms with van der Waals surface area (Å²) in [6.07, 6.45) is -4.40. The van der Waals surface area contributed by atoms with E-state index in [1.165, 1.54) is 26.0 Å². The number of hydrogen-bond donors (Lipinski definition) is 1. The van der Waals surface area contributed by atoms with Crippen LogP contribution in [-0.4, -0.2) is 64.7 Å². The zero-order chi connectivity index (χ0) is 41.9. The summed E-state index contributed by atoms with van der Waals surface area (Å²) in [5.41, 5.74) is 0.399. The molecule has 2 fully saturated rings. The van der Waals surface area contributed by atoms with Crippen LogP contribution in [0.3, 0.4) is 0 Å². The van der Waals surface area contributed by atoms with Crippen molar-refractivity contribution in [1.29, 1.82) is 0 Å². The molecule has 0 aliphatic carbocycles. The van der Waals surface area contributed by atoms with Crippen molar-refractivity contribution in [2.75, 3.05) is 36.0 Å². The number of phenolic OH excluding ortho intramolecular Hbond substituents is 1. The molecule has 4 aromatic rings. The Kier molecular flexibility index (Phi) is 15.4. The maximum absolute atomic E-state index is 12.7. The number of phenols is 1. The number of pyridine rings is 2. The minimum atomic E-state index is -4.39. The molecule has 0 radical (unpaired) electrons. The van der Waals surface area contributed by atoms with Crippen LogP contribution in [0.25, 0.3) is 0 Å². The van der Waals surface area contributed by atoms with Gasteiger partial charge < -0.3 is 29.1 Å². The standard InChI is InChI=1S/C20H21F3N2O3.C18H19F3N2O2.C2H3ClO/c1-13-3-5-17(18(11-13)27-14(2)26)28-16-7-9-25(10-8-16)19-6-4-15(12-24-19)20(21,22)23;1-12-2-4-16(15(24)10-12)25-14-6-8-23(9-7-14)17-5-3-13(11-22-17)18(19,20)21;1-2(3)4/h3-6,11-12,16H,7-10H2,1-2H3;2-5,10-11,14,24H,6-9H2,1H3;1H3. The molecule has 2 aliphatic heterocycles. The summed E-state index contributed by atoms with van der Waals surface area (Å²) in [5.74, 6) is 2.10. The molecular formula is C40H43ClF6N4O6. The number of rotatable bonds is 7. The molecule has 0 spiro atoms. The van der Waals surface area contributed by atoms with Crippen LogP contribution in [0, 0.1) is 13.8 Å². The van der Waals surface area contributed by atoms with Crippen molar-refractivity contribution in [1.82, 2.24) is 9.97 Å². The van der Waals surface area contributed by atoms with Crippen LogP contribution in [0.1, 0.15) is 61.8 Å². The fourth-order valence-electron chi connectivity index (χ4n) is 5.92. The summed E-state index contributed by atoms with van der Waals surface area (Å²) in [4.78, 5) is 32.2. The average molecular weight is 825 g/mol. The van der Waals surface area contributed by atoms with E-state index in [4.69, 9.17) is 14.2 Å². The third-order valence-corrected chi connectivity index (χ3v) is 8.74. The summed E-state index contributed by atoms with van der Waals surface area (Å²) >= 11 is 4.64. The minimum Gasteiger partial charge on any atom is -0.504 e. The first-order valence-corrected chi connectivity index (χ1v) is 18.3. The Balaban J connectivity index is 0.000000232. The second-order valence-electron chi connectivity index (χ2n) is 13.4. The number of alkyl halides is 6. The van der Waals surface area contributed by atoms with E-state index >= 15 is 0 Å². The van der Waals surface area contributed by atoms with Gasteiger partial charge in [-0.3, -0.25) is 9.59 Å². The highest BCUT2D eigenvalue weighted by Gasteiger charge is 2.32. The number of piperidine rings is 2. The lowest BCUT2D eigenvalue weighted by atomic mass is 10.1. The molecule has 2 saturated heterocycles. The molecule has 2 aromatic carbocycles. The molecule has 6 rings (SSSR count). The molecule has 308 valence electrons. The molecule has 0 bridgehead atoms. The summed E-state index contributed by atoms with van der Waals surface area (Å²) in [7, 11) is 0. The number of benzene rings is 2. The second-order valence-corrected chi connectivity index (χ2v) is 13.9. The predicted molar refractivity (Wildman–Crippen MR) is 202 cm³/mol. The Hall–Kier alpha value is -5.25. The van der Waals surface area contributed by atoms with E-state index in [-0.39, 0.29) is 23.2 Å². The molecule has 0 saturated carbocycles. The van der Waals surface area contributed by atoms with Crippen LogP contribution in [0.4, 0.5) is 38.0 Å². The number of anilines is 2. The molecule has 1 N–H and O–H groups in total. The zero-order valence-electron chi connectivity index (χ0n) is 31.7. The summed E-state index contributed by atoms with van der Waals surface area (Å²) in [6.45, 7) is 8.90. The van der Waals surface area contributed by atoms with Crippen LogP contribution in [0.2, 0.25) is 0 Å². The Labute approximate surface area is 331 Å². The highest BCUT2D eigenvalue weighted by atomic mass is 35.5. The quantitative estimate of drug-likeness (QED) is 0.0837. The van der Waals surface area contributed by atoms with Crippen LogP contribution in [-0.2, 0) is 21.9 Å². The topological polar surface area (TPSA) is 114 Å². The van der Waals surface area contributed by atoms with Crippen LogP contribution < -0.4 is 24.0 Å². The number of aryl methyl sites for hydroxylation is 2. The number of ether oxygens (including phenoxy) is 3. The van der Waals surface area contributed by atoms with Crippen molar-refractivity contribution in [3.8, 4) is 23.0 Å². The summed E-state index contributed by atoms with van der Waals surface area (Å²) in [5, 5.41) is 9.55. The summed E-state index contributed by atoms with van der Waals surface area (Å²) in [6, 6.07) is 15.6. The number of esters is 1. The minimum absolute atomic E-state index is 0.0423. The van der Waals surface area contributed by atoms with Gasteiger partial charge >= 0.3 is 18.3 Å². The van der Waals surface area contributed by atoms with Crippen molar-refractivity contribution in [3.63, 3.8) is 0 Å². The molecule has 0 atom stereocenters. The van der Waals surface area contributed by atoms with Gasteiger partial charge in [0, 0.05) is 78.1 Å². The predicted octanol–water partition coefficient (Wildman–Crippen LogP) is 9.32. The lowest BCUT2D eigenvalue weighted by Gasteiger charge is -2.33. The highest BCUT2D eigenvalue weighted by molar-refractivity contribution is 6.62. The number of hydrogen-bond acceptors (Lipinski definition) is 10. The van der Waals surface area contributed by atoms with E-state index in [1.807, 2.05) is 35.8 Å². The van der Waals surface area contributed by atoms with Gasteiger partial charge in [0.05, 0.1) is 11.1 Å². The smallest absolute Gasteiger partial charge is 0.417 e. The van der Waals surface area contributed by atoms with E-state index in [1.54, 1.807) is 24.3 Å². The number of halogens is 7. The molecule has 2 aliphatic rings. The van der Waals surface area contributed by atoms with Crippen molar-refractivity contribution in [2.24, 2.45) is 0 Å². The maximum atomic E-state index is 12.7. The van der Waals surface area contributed by atoms with Crippen LogP contribution in [0.5, 0.6) is 23.0 Å². The third-order valence-electron chi connectivity index (χ3n) is 8.74. The van der Waals surface area contributed by atoms with Crippen LogP contribution >= 0.6 is 11.6 Å². The molecule has 10 nitrogen and oxygen atoms in total. The zero-order valence-corrected chi connectivity index (χ0v) is 32.4. The number of nitrogens with zero attached hydrogens (tertiary/aromatic N) is 4. The molecule has 57 heavy (non-hydrogen) atoms. The Bertz CT molecular complexity index is 1930. The Morgan fingerprint density at radius 3 is 1.44 bits per heavy atom. The van der Waals surface area contributed by atoms with Crippen molar-refractivity contribution in [3.05, 3.63) is 95.3 Å². The second kappa shape index (κ2) is 19.7. The Morgan fingerprint density at radius 1 is 0.667 bits per heavy atom. The molecule has 2 aromatic heterocycles. The lowest BCUT2D eigenvalue weighted by Crippen LogP contribution is -2.38. The Morgan fingerprint density at radius 2 is 1.07 bits per heavy atom. The van der Waals surface area contributed by atoms with E-state index in [9.17, 15) is 41.0 Å². The normalized spacial score (nSPS) is 15.1. The average Bonchev–Trinajstić information content (AvgIpc) is 3.14. The van der Waals surface area contributed by atoms with Gasteiger partial charge in [-0.1, -0.05) is 12.1 Å². The van der Waals surface area contributed by atoms with Crippen molar-refractivity contribution >= 4 is 34.4 Å². The van der Waals surface area contributed by atoms with E-state index in [2.05, 4.69) is 21.6 Å². The largest absolute Gasteiger partial charge is 0.504 e.